The van der Waals surface area contributed by atoms with Crippen LogP contribution in [-0.2, 0) is 6.42 Å². The van der Waals surface area contributed by atoms with Crippen LogP contribution in [0.15, 0.2) is 30.3 Å². The molecule has 0 saturated heterocycles. The number of rotatable bonds is 3. The molecule has 1 aromatic carbocycles. The van der Waals surface area contributed by atoms with E-state index in [0.29, 0.717) is 0 Å². The molecule has 0 fully saturated rings. The number of likely N-dealkylation sites (N-methyl/N-ethyl adjacent to an activating group) is 1. The van der Waals surface area contributed by atoms with Crippen LogP contribution >= 0.6 is 0 Å². The third-order valence-corrected chi connectivity index (χ3v) is 2.34. The highest BCUT2D eigenvalue weighted by Crippen LogP contribution is 2.14. The molecule has 0 unspecified atom stereocenters. The molecule has 0 aliphatic rings. The Kier molecular flexibility index (Phi) is 2.92. The first kappa shape index (κ1) is 10.1. The largest absolute Gasteiger partial charge is 0.319 e. The van der Waals surface area contributed by atoms with E-state index in [9.17, 15) is 4.39 Å². The van der Waals surface area contributed by atoms with Gasteiger partial charge in [0, 0.05) is 24.0 Å². The Morgan fingerprint density at radius 1 is 1.27 bits per heavy atom. The molecule has 0 radical (unpaired) electrons. The zero-order valence-corrected chi connectivity index (χ0v) is 8.63. The van der Waals surface area contributed by atoms with E-state index in [1.807, 2.05) is 19.2 Å². The van der Waals surface area contributed by atoms with Gasteiger partial charge in [-0.25, -0.2) is 4.39 Å². The number of benzene rings is 1. The molecule has 2 rings (SSSR count). The minimum Gasteiger partial charge on any atom is -0.319 e. The average Bonchev–Trinajstić information content (AvgIpc) is 2.26. The first-order valence-corrected chi connectivity index (χ1v) is 4.99. The van der Waals surface area contributed by atoms with Gasteiger partial charge in [0.1, 0.15) is 5.82 Å². The van der Waals surface area contributed by atoms with Crippen LogP contribution < -0.4 is 5.32 Å². The van der Waals surface area contributed by atoms with Crippen molar-refractivity contribution in [1.82, 2.24) is 10.3 Å². The lowest BCUT2D eigenvalue weighted by Crippen LogP contribution is -2.11. The van der Waals surface area contributed by atoms with E-state index in [2.05, 4.69) is 10.3 Å². The molecule has 0 aliphatic carbocycles. The second-order valence-corrected chi connectivity index (χ2v) is 3.49. The molecule has 0 amide bonds. The van der Waals surface area contributed by atoms with E-state index in [1.165, 1.54) is 12.1 Å². The molecule has 0 spiro atoms. The van der Waals surface area contributed by atoms with Gasteiger partial charge in [0.05, 0.1) is 5.52 Å². The van der Waals surface area contributed by atoms with Crippen molar-refractivity contribution in [2.24, 2.45) is 0 Å². The lowest BCUT2D eigenvalue weighted by atomic mass is 10.2. The molecule has 0 aliphatic heterocycles. The number of nitrogens with one attached hydrogen (secondary N) is 1. The topological polar surface area (TPSA) is 24.9 Å². The third kappa shape index (κ3) is 2.30. The second-order valence-electron chi connectivity index (χ2n) is 3.49. The van der Waals surface area contributed by atoms with Gasteiger partial charge < -0.3 is 5.32 Å². The van der Waals surface area contributed by atoms with Gasteiger partial charge in [0.25, 0.3) is 0 Å². The predicted molar refractivity (Wildman–Crippen MR) is 59.3 cm³/mol. The van der Waals surface area contributed by atoms with Crippen LogP contribution in [0.3, 0.4) is 0 Å². The van der Waals surface area contributed by atoms with Crippen molar-refractivity contribution in [3.63, 3.8) is 0 Å². The summed E-state index contributed by atoms with van der Waals surface area (Å²) in [6, 6.07) is 8.52. The summed E-state index contributed by atoms with van der Waals surface area (Å²) in [5.74, 6) is -0.215. The molecule has 1 N–H and O–H groups in total. The highest BCUT2D eigenvalue weighted by molar-refractivity contribution is 5.78. The maximum atomic E-state index is 12.9. The van der Waals surface area contributed by atoms with Crippen molar-refractivity contribution >= 4 is 10.9 Å². The van der Waals surface area contributed by atoms with Crippen molar-refractivity contribution in [2.75, 3.05) is 13.6 Å². The van der Waals surface area contributed by atoms with Crippen molar-refractivity contribution in [1.29, 1.82) is 0 Å². The highest BCUT2D eigenvalue weighted by Gasteiger charge is 1.99. The number of halogens is 1. The molecule has 0 atom stereocenters. The lowest BCUT2D eigenvalue weighted by Gasteiger charge is -2.02. The summed E-state index contributed by atoms with van der Waals surface area (Å²) >= 11 is 0. The van der Waals surface area contributed by atoms with Crippen LogP contribution in [0, 0.1) is 5.82 Å². The van der Waals surface area contributed by atoms with E-state index >= 15 is 0 Å². The van der Waals surface area contributed by atoms with Gasteiger partial charge in [0.2, 0.25) is 0 Å². The number of aromatic nitrogens is 1. The summed E-state index contributed by atoms with van der Waals surface area (Å²) < 4.78 is 12.9. The van der Waals surface area contributed by atoms with Gasteiger partial charge in [0.15, 0.2) is 0 Å². The van der Waals surface area contributed by atoms with Crippen LogP contribution in [-0.4, -0.2) is 18.6 Å². The Morgan fingerprint density at radius 3 is 2.93 bits per heavy atom. The van der Waals surface area contributed by atoms with Crippen LogP contribution in [0.1, 0.15) is 5.69 Å². The zero-order valence-electron chi connectivity index (χ0n) is 8.63. The smallest absolute Gasteiger partial charge is 0.123 e. The molecule has 15 heavy (non-hydrogen) atoms. The highest BCUT2D eigenvalue weighted by atomic mass is 19.1. The average molecular weight is 204 g/mol. The molecule has 78 valence electrons. The molecule has 1 aromatic heterocycles. The number of fused-ring (bicyclic) bond motifs is 1. The minimum absolute atomic E-state index is 0.215. The molecule has 0 bridgehead atoms. The van der Waals surface area contributed by atoms with E-state index in [0.717, 1.165) is 29.6 Å². The number of nitrogens with zero attached hydrogens (tertiary/aromatic N) is 1. The first-order chi connectivity index (χ1) is 7.29. The monoisotopic (exact) mass is 204 g/mol. The lowest BCUT2D eigenvalue weighted by molar-refractivity contribution is 0.629. The predicted octanol–water partition coefficient (Wildman–Crippen LogP) is 2.14. The minimum atomic E-state index is -0.215. The Balaban J connectivity index is 2.34. The maximum Gasteiger partial charge on any atom is 0.123 e. The van der Waals surface area contributed by atoms with Crippen LogP contribution in [0.2, 0.25) is 0 Å². The Bertz CT molecular complexity index is 468. The molecular weight excluding hydrogens is 191 g/mol. The van der Waals surface area contributed by atoms with Crippen molar-refractivity contribution in [3.05, 3.63) is 41.8 Å². The summed E-state index contributed by atoms with van der Waals surface area (Å²) in [4.78, 5) is 4.45. The van der Waals surface area contributed by atoms with Gasteiger partial charge in [-0.1, -0.05) is 6.07 Å². The second kappa shape index (κ2) is 4.36. The summed E-state index contributed by atoms with van der Waals surface area (Å²) in [7, 11) is 1.91. The van der Waals surface area contributed by atoms with Gasteiger partial charge in [-0.3, -0.25) is 4.98 Å². The van der Waals surface area contributed by atoms with Crippen LogP contribution in [0.5, 0.6) is 0 Å². The third-order valence-electron chi connectivity index (χ3n) is 2.34. The molecule has 0 saturated carbocycles. The molecular formula is C12H13FN2. The van der Waals surface area contributed by atoms with Crippen LogP contribution in [0.25, 0.3) is 10.9 Å². The Labute approximate surface area is 88.1 Å². The van der Waals surface area contributed by atoms with Gasteiger partial charge in [-0.05, 0) is 31.3 Å². The molecule has 1 heterocycles. The number of pyridine rings is 1. The molecule has 3 heteroatoms. The SMILES string of the molecule is CNCCc1ccc2cc(F)ccc2n1. The first-order valence-electron chi connectivity index (χ1n) is 4.99. The fourth-order valence-electron chi connectivity index (χ4n) is 1.53. The summed E-state index contributed by atoms with van der Waals surface area (Å²) in [6.45, 7) is 0.902. The zero-order chi connectivity index (χ0) is 10.7. The van der Waals surface area contributed by atoms with E-state index in [1.54, 1.807) is 6.07 Å². The number of hydrogen-bond acceptors (Lipinski definition) is 2. The van der Waals surface area contributed by atoms with E-state index < -0.39 is 0 Å². The van der Waals surface area contributed by atoms with E-state index in [4.69, 9.17) is 0 Å². The normalized spacial score (nSPS) is 10.8. The van der Waals surface area contributed by atoms with Crippen molar-refractivity contribution in [3.8, 4) is 0 Å². The Hall–Kier alpha value is -1.48. The standard InChI is InChI=1S/C12H13FN2/c1-14-7-6-11-4-2-9-8-10(13)3-5-12(9)15-11/h2-5,8,14H,6-7H2,1H3. The number of hydrogen-bond donors (Lipinski definition) is 1. The van der Waals surface area contributed by atoms with Gasteiger partial charge >= 0.3 is 0 Å². The van der Waals surface area contributed by atoms with Crippen molar-refractivity contribution in [2.45, 2.75) is 6.42 Å². The summed E-state index contributed by atoms with van der Waals surface area (Å²) in [5.41, 5.74) is 1.88. The summed E-state index contributed by atoms with van der Waals surface area (Å²) in [6.07, 6.45) is 0.893. The molecule has 2 nitrogen and oxygen atoms in total. The fraction of sp³-hybridized carbons (Fsp3) is 0.250. The molecule has 2 aromatic rings. The quantitative estimate of drug-likeness (QED) is 0.828. The van der Waals surface area contributed by atoms with Crippen LogP contribution in [0.4, 0.5) is 4.39 Å². The Morgan fingerprint density at radius 2 is 2.13 bits per heavy atom. The summed E-state index contributed by atoms with van der Waals surface area (Å²) in [5, 5.41) is 3.92. The fourth-order valence-corrected chi connectivity index (χ4v) is 1.53. The van der Waals surface area contributed by atoms with Gasteiger partial charge in [-0.15, -0.1) is 0 Å². The van der Waals surface area contributed by atoms with Gasteiger partial charge in [-0.2, -0.15) is 0 Å². The van der Waals surface area contributed by atoms with Crippen molar-refractivity contribution < 1.29 is 4.39 Å². The van der Waals surface area contributed by atoms with E-state index in [-0.39, 0.29) is 5.82 Å². The maximum absolute atomic E-state index is 12.9.